The zero-order chi connectivity index (χ0) is 26.5. The first-order chi connectivity index (χ1) is 18.5. The van der Waals surface area contributed by atoms with Crippen LogP contribution in [0.15, 0.2) is 71.3 Å². The summed E-state index contributed by atoms with van der Waals surface area (Å²) in [7, 11) is 1.59. The Morgan fingerprint density at radius 1 is 1.08 bits per heavy atom. The third-order valence-electron chi connectivity index (χ3n) is 6.27. The standard InChI is InChI=1S/C28H26Cl2N4O4/c1-36-22-5-2-6-23(15-22)37-25-12-11-21(30)14-24(25)31-28(35)19-4-3-13-34(16-19)17-26-32-27(33-38-26)18-7-9-20(29)10-8-18/h2,5-12,14-15,19H,3-4,13,16-17H2,1H3,(H,31,35). The highest BCUT2D eigenvalue weighted by Crippen LogP contribution is 2.34. The van der Waals surface area contributed by atoms with Crippen molar-refractivity contribution in [3.05, 3.63) is 82.7 Å². The summed E-state index contributed by atoms with van der Waals surface area (Å²) in [4.78, 5) is 19.9. The molecule has 1 atom stereocenters. The summed E-state index contributed by atoms with van der Waals surface area (Å²) in [5, 5.41) is 8.24. The summed E-state index contributed by atoms with van der Waals surface area (Å²) < 4.78 is 16.8. The number of rotatable bonds is 8. The molecule has 2 heterocycles. The van der Waals surface area contributed by atoms with Crippen molar-refractivity contribution >= 4 is 34.8 Å². The lowest BCUT2D eigenvalue weighted by atomic mass is 9.97. The number of benzene rings is 3. The maximum Gasteiger partial charge on any atom is 0.241 e. The number of carbonyl (C=O) groups excluding carboxylic acids is 1. The number of likely N-dealkylation sites (tertiary alicyclic amines) is 1. The van der Waals surface area contributed by atoms with Crippen LogP contribution >= 0.6 is 23.2 Å². The Balaban J connectivity index is 1.23. The molecule has 1 saturated heterocycles. The number of ether oxygens (including phenoxy) is 2. The van der Waals surface area contributed by atoms with Crippen LogP contribution in [0.25, 0.3) is 11.4 Å². The number of nitrogens with zero attached hydrogens (tertiary/aromatic N) is 3. The zero-order valence-electron chi connectivity index (χ0n) is 20.7. The molecular formula is C28H26Cl2N4O4. The fourth-order valence-corrected chi connectivity index (χ4v) is 4.65. The highest BCUT2D eigenvalue weighted by molar-refractivity contribution is 6.31. The number of methoxy groups -OCH3 is 1. The van der Waals surface area contributed by atoms with Crippen LogP contribution in [0.1, 0.15) is 18.7 Å². The average molecular weight is 553 g/mol. The predicted molar refractivity (Wildman–Crippen MR) is 146 cm³/mol. The maximum atomic E-state index is 13.3. The van der Waals surface area contributed by atoms with Gasteiger partial charge in [0, 0.05) is 28.2 Å². The molecule has 1 aromatic heterocycles. The minimum Gasteiger partial charge on any atom is -0.497 e. The van der Waals surface area contributed by atoms with Gasteiger partial charge in [-0.3, -0.25) is 9.69 Å². The van der Waals surface area contributed by atoms with Crippen LogP contribution in [0.5, 0.6) is 17.2 Å². The second kappa shape index (κ2) is 11.9. The fraction of sp³-hybridized carbons (Fsp3) is 0.250. The van der Waals surface area contributed by atoms with Gasteiger partial charge >= 0.3 is 0 Å². The Labute approximate surface area is 230 Å². The van der Waals surface area contributed by atoms with E-state index in [1.54, 1.807) is 43.5 Å². The van der Waals surface area contributed by atoms with Crippen molar-refractivity contribution in [2.24, 2.45) is 5.92 Å². The Bertz CT molecular complexity index is 1410. The van der Waals surface area contributed by atoms with Crippen molar-refractivity contribution in [3.63, 3.8) is 0 Å². The molecule has 0 radical (unpaired) electrons. The van der Waals surface area contributed by atoms with Gasteiger partial charge in [-0.25, -0.2) is 0 Å². The largest absolute Gasteiger partial charge is 0.497 e. The number of hydrogen-bond donors (Lipinski definition) is 1. The van der Waals surface area contributed by atoms with E-state index in [4.69, 9.17) is 37.2 Å². The van der Waals surface area contributed by atoms with Gasteiger partial charge in [0.1, 0.15) is 11.5 Å². The SMILES string of the molecule is COc1cccc(Oc2ccc(Cl)cc2NC(=O)C2CCCN(Cc3nc(-c4ccc(Cl)cc4)no3)C2)c1. The summed E-state index contributed by atoms with van der Waals surface area (Å²) in [6.07, 6.45) is 1.65. The molecule has 0 bridgehead atoms. The maximum absolute atomic E-state index is 13.3. The average Bonchev–Trinajstić information content (AvgIpc) is 3.39. The molecule has 196 valence electrons. The van der Waals surface area contributed by atoms with Gasteiger partial charge in [0.2, 0.25) is 17.6 Å². The summed E-state index contributed by atoms with van der Waals surface area (Å²) in [5.74, 6) is 2.44. The topological polar surface area (TPSA) is 89.7 Å². The highest BCUT2D eigenvalue weighted by Gasteiger charge is 2.28. The first kappa shape index (κ1) is 26.0. The number of aromatic nitrogens is 2. The van der Waals surface area contributed by atoms with Crippen LogP contribution in [0.4, 0.5) is 5.69 Å². The summed E-state index contributed by atoms with van der Waals surface area (Å²) >= 11 is 12.2. The lowest BCUT2D eigenvalue weighted by molar-refractivity contribution is -0.121. The molecule has 5 rings (SSSR count). The number of halogens is 2. The summed E-state index contributed by atoms with van der Waals surface area (Å²) in [6, 6.07) is 19.7. The normalized spacial score (nSPS) is 15.7. The van der Waals surface area contributed by atoms with E-state index in [-0.39, 0.29) is 11.8 Å². The number of hydrogen-bond acceptors (Lipinski definition) is 7. The van der Waals surface area contributed by atoms with Gasteiger partial charge in [-0.1, -0.05) is 34.4 Å². The Morgan fingerprint density at radius 2 is 1.87 bits per heavy atom. The summed E-state index contributed by atoms with van der Waals surface area (Å²) in [6.45, 7) is 1.87. The second-order valence-electron chi connectivity index (χ2n) is 9.00. The minimum atomic E-state index is -0.217. The van der Waals surface area contributed by atoms with Crippen LogP contribution in [-0.2, 0) is 11.3 Å². The van der Waals surface area contributed by atoms with E-state index < -0.39 is 0 Å². The molecule has 1 aliphatic rings. The van der Waals surface area contributed by atoms with Gasteiger partial charge < -0.3 is 19.3 Å². The molecule has 1 fully saturated rings. The van der Waals surface area contributed by atoms with E-state index >= 15 is 0 Å². The third-order valence-corrected chi connectivity index (χ3v) is 6.76. The molecule has 1 N–H and O–H groups in total. The number of anilines is 1. The lowest BCUT2D eigenvalue weighted by Crippen LogP contribution is -2.40. The van der Waals surface area contributed by atoms with Gasteiger partial charge in [-0.05, 0) is 74.0 Å². The van der Waals surface area contributed by atoms with E-state index in [0.29, 0.717) is 57.8 Å². The van der Waals surface area contributed by atoms with Gasteiger partial charge in [0.05, 0.1) is 25.3 Å². The first-order valence-electron chi connectivity index (χ1n) is 12.2. The van der Waals surface area contributed by atoms with Crippen LogP contribution in [-0.4, -0.2) is 41.1 Å². The van der Waals surface area contributed by atoms with Crippen LogP contribution in [0, 0.1) is 5.92 Å². The Morgan fingerprint density at radius 3 is 2.68 bits per heavy atom. The molecule has 10 heteroatoms. The van der Waals surface area contributed by atoms with Crippen molar-refractivity contribution in [2.45, 2.75) is 19.4 Å². The van der Waals surface area contributed by atoms with Crippen molar-refractivity contribution in [1.29, 1.82) is 0 Å². The molecule has 3 aromatic carbocycles. The van der Waals surface area contributed by atoms with E-state index in [2.05, 4.69) is 20.4 Å². The number of piperidine rings is 1. The lowest BCUT2D eigenvalue weighted by Gasteiger charge is -2.31. The highest BCUT2D eigenvalue weighted by atomic mass is 35.5. The van der Waals surface area contributed by atoms with E-state index in [9.17, 15) is 4.79 Å². The van der Waals surface area contributed by atoms with Crippen molar-refractivity contribution in [3.8, 4) is 28.6 Å². The molecule has 0 spiro atoms. The monoisotopic (exact) mass is 552 g/mol. The van der Waals surface area contributed by atoms with E-state index in [0.717, 1.165) is 24.9 Å². The minimum absolute atomic E-state index is 0.0974. The smallest absolute Gasteiger partial charge is 0.241 e. The molecule has 0 aliphatic carbocycles. The molecule has 1 aliphatic heterocycles. The van der Waals surface area contributed by atoms with E-state index in [1.807, 2.05) is 30.3 Å². The quantitative estimate of drug-likeness (QED) is 0.260. The van der Waals surface area contributed by atoms with Gasteiger partial charge in [-0.2, -0.15) is 4.98 Å². The van der Waals surface area contributed by atoms with Crippen molar-refractivity contribution in [1.82, 2.24) is 15.0 Å². The predicted octanol–water partition coefficient (Wildman–Crippen LogP) is 6.70. The fourth-order valence-electron chi connectivity index (χ4n) is 4.36. The Kier molecular flexibility index (Phi) is 8.12. The van der Waals surface area contributed by atoms with Crippen LogP contribution in [0.2, 0.25) is 10.0 Å². The van der Waals surface area contributed by atoms with Gasteiger partial charge in [-0.15, -0.1) is 0 Å². The number of nitrogens with one attached hydrogen (secondary N) is 1. The second-order valence-corrected chi connectivity index (χ2v) is 9.88. The summed E-state index contributed by atoms with van der Waals surface area (Å²) in [5.41, 5.74) is 1.33. The molecular weight excluding hydrogens is 527 g/mol. The van der Waals surface area contributed by atoms with Gasteiger partial charge in [0.25, 0.3) is 0 Å². The van der Waals surface area contributed by atoms with Crippen LogP contribution in [0.3, 0.4) is 0 Å². The third kappa shape index (κ3) is 6.45. The molecule has 1 amide bonds. The molecule has 38 heavy (non-hydrogen) atoms. The zero-order valence-corrected chi connectivity index (χ0v) is 22.2. The number of amides is 1. The molecule has 0 saturated carbocycles. The molecule has 1 unspecified atom stereocenters. The molecule has 8 nitrogen and oxygen atoms in total. The first-order valence-corrected chi connectivity index (χ1v) is 13.0. The van der Waals surface area contributed by atoms with Crippen molar-refractivity contribution in [2.75, 3.05) is 25.5 Å². The Hall–Kier alpha value is -3.59. The van der Waals surface area contributed by atoms with Crippen molar-refractivity contribution < 1.29 is 18.8 Å². The number of carbonyl (C=O) groups is 1. The molecule has 4 aromatic rings. The van der Waals surface area contributed by atoms with E-state index in [1.165, 1.54) is 0 Å². The van der Waals surface area contributed by atoms with Crippen LogP contribution < -0.4 is 14.8 Å². The van der Waals surface area contributed by atoms with Gasteiger partial charge in [0.15, 0.2) is 5.75 Å².